The lowest BCUT2D eigenvalue weighted by Gasteiger charge is -1.97. The molecule has 6 nitrogen and oxygen atoms in total. The van der Waals surface area contributed by atoms with Crippen LogP contribution in [0.5, 0.6) is 0 Å². The number of imidazole rings is 1. The summed E-state index contributed by atoms with van der Waals surface area (Å²) in [4.78, 5) is 13.4. The van der Waals surface area contributed by atoms with Crippen molar-refractivity contribution >= 4 is 46.4 Å². The van der Waals surface area contributed by atoms with Crippen molar-refractivity contribution in [3.63, 3.8) is 0 Å². The number of rotatable bonds is 3. The van der Waals surface area contributed by atoms with Crippen LogP contribution in [0.25, 0.3) is 11.4 Å². The van der Waals surface area contributed by atoms with Crippen LogP contribution in [0.2, 0.25) is 10.0 Å². The zero-order valence-corrected chi connectivity index (χ0v) is 15.2. The molecule has 4 aromatic rings. The number of hydrogen-bond acceptors (Lipinski definition) is 5. The molecule has 0 atom stereocenters. The van der Waals surface area contributed by atoms with Gasteiger partial charge in [0.1, 0.15) is 0 Å². The molecule has 0 aliphatic carbocycles. The van der Waals surface area contributed by atoms with E-state index in [1.165, 1.54) is 11.8 Å². The highest BCUT2D eigenvalue weighted by molar-refractivity contribution is 7.98. The molecule has 0 N–H and O–H groups in total. The van der Waals surface area contributed by atoms with Crippen molar-refractivity contribution in [2.24, 2.45) is 0 Å². The van der Waals surface area contributed by atoms with Crippen LogP contribution >= 0.6 is 35.0 Å². The quantitative estimate of drug-likeness (QED) is 0.504. The monoisotopic (exact) mass is 378 g/mol. The smallest absolute Gasteiger partial charge is 0.253 e. The van der Waals surface area contributed by atoms with Gasteiger partial charge in [0.15, 0.2) is 5.65 Å². The van der Waals surface area contributed by atoms with E-state index in [9.17, 15) is 0 Å². The normalized spacial score (nSPS) is 11.7. The number of pyridine rings is 1. The number of aromatic nitrogens is 6. The van der Waals surface area contributed by atoms with Crippen molar-refractivity contribution in [2.45, 2.75) is 24.8 Å². The second kappa shape index (κ2) is 5.91. The second-order valence-corrected chi connectivity index (χ2v) is 7.19. The van der Waals surface area contributed by atoms with Crippen LogP contribution < -0.4 is 0 Å². The van der Waals surface area contributed by atoms with Crippen LogP contribution in [-0.2, 0) is 5.75 Å². The van der Waals surface area contributed by atoms with E-state index in [0.29, 0.717) is 32.4 Å². The maximum atomic E-state index is 6.17. The zero-order valence-electron chi connectivity index (χ0n) is 12.9. The van der Waals surface area contributed by atoms with Gasteiger partial charge < -0.3 is 4.40 Å². The van der Waals surface area contributed by atoms with Gasteiger partial charge in [0, 0.05) is 29.5 Å². The Morgan fingerprint density at radius 1 is 1.08 bits per heavy atom. The van der Waals surface area contributed by atoms with E-state index in [1.807, 2.05) is 30.5 Å². The molecule has 4 heterocycles. The lowest BCUT2D eigenvalue weighted by atomic mass is 10.4. The standard InChI is InChI=1S/C15H12Cl2N6S/c1-8-3-9(2)23-14(18-8)20-15(21-23)24-7-11-6-22-5-10(16)4-12(17)13(22)19-11/h3-6H,7H2,1-2H3. The van der Waals surface area contributed by atoms with Crippen LogP contribution in [-0.4, -0.2) is 29.0 Å². The summed E-state index contributed by atoms with van der Waals surface area (Å²) in [5.41, 5.74) is 3.50. The van der Waals surface area contributed by atoms with E-state index in [0.717, 1.165) is 17.1 Å². The lowest BCUT2D eigenvalue weighted by Crippen LogP contribution is -1.97. The topological polar surface area (TPSA) is 60.4 Å². The third-order valence-electron chi connectivity index (χ3n) is 3.47. The molecule has 0 aromatic carbocycles. The fraction of sp³-hybridized carbons (Fsp3) is 0.200. The lowest BCUT2D eigenvalue weighted by molar-refractivity contribution is 0.843. The zero-order chi connectivity index (χ0) is 16.8. The van der Waals surface area contributed by atoms with E-state index in [2.05, 4.69) is 20.1 Å². The van der Waals surface area contributed by atoms with Crippen molar-refractivity contribution in [1.82, 2.24) is 29.0 Å². The van der Waals surface area contributed by atoms with Gasteiger partial charge in [-0.15, -0.1) is 5.10 Å². The Kier molecular flexibility index (Phi) is 3.86. The van der Waals surface area contributed by atoms with Gasteiger partial charge in [-0.2, -0.15) is 4.98 Å². The molecule has 0 fully saturated rings. The number of nitrogens with zero attached hydrogens (tertiary/aromatic N) is 6. The molecule has 0 bridgehead atoms. The van der Waals surface area contributed by atoms with Crippen molar-refractivity contribution in [2.75, 3.05) is 0 Å². The molecule has 0 amide bonds. The number of halogens is 2. The van der Waals surface area contributed by atoms with Gasteiger partial charge in [-0.25, -0.2) is 14.5 Å². The average Bonchev–Trinajstić information content (AvgIpc) is 3.08. The molecule has 0 spiro atoms. The fourth-order valence-corrected chi connectivity index (χ4v) is 3.72. The molecule has 4 rings (SSSR count). The molecule has 24 heavy (non-hydrogen) atoms. The van der Waals surface area contributed by atoms with Gasteiger partial charge in [0.05, 0.1) is 15.7 Å². The Bertz CT molecular complexity index is 985. The Labute approximate surface area is 151 Å². The SMILES string of the molecule is Cc1cc(C)n2nc(SCc3cn4cc(Cl)cc(Cl)c4n3)nc2n1. The predicted octanol–water partition coefficient (Wildman–Crippen LogP) is 3.99. The molecule has 0 unspecified atom stereocenters. The van der Waals surface area contributed by atoms with Crippen LogP contribution in [0.15, 0.2) is 29.7 Å². The van der Waals surface area contributed by atoms with Crippen molar-refractivity contribution < 1.29 is 0 Å². The third kappa shape index (κ3) is 2.83. The number of aryl methyl sites for hydroxylation is 2. The van der Waals surface area contributed by atoms with Crippen LogP contribution in [0, 0.1) is 13.8 Å². The number of fused-ring (bicyclic) bond motifs is 2. The Morgan fingerprint density at radius 2 is 1.92 bits per heavy atom. The second-order valence-electron chi connectivity index (χ2n) is 5.40. The molecular weight excluding hydrogens is 367 g/mol. The molecule has 0 aliphatic heterocycles. The van der Waals surface area contributed by atoms with Crippen molar-refractivity contribution in [3.05, 3.63) is 51.7 Å². The summed E-state index contributed by atoms with van der Waals surface area (Å²) in [7, 11) is 0. The summed E-state index contributed by atoms with van der Waals surface area (Å²) >= 11 is 13.7. The minimum Gasteiger partial charge on any atom is -0.304 e. The largest absolute Gasteiger partial charge is 0.304 e. The summed E-state index contributed by atoms with van der Waals surface area (Å²) in [5, 5.41) is 6.24. The molecule has 0 aliphatic rings. The minimum atomic E-state index is 0.528. The molecule has 9 heteroatoms. The van der Waals surface area contributed by atoms with Gasteiger partial charge in [-0.05, 0) is 26.0 Å². The summed E-state index contributed by atoms with van der Waals surface area (Å²) in [6.07, 6.45) is 3.69. The predicted molar refractivity (Wildman–Crippen MR) is 95.0 cm³/mol. The van der Waals surface area contributed by atoms with Crippen LogP contribution in [0.3, 0.4) is 0 Å². The first-order valence-electron chi connectivity index (χ1n) is 7.16. The highest BCUT2D eigenvalue weighted by Crippen LogP contribution is 2.25. The van der Waals surface area contributed by atoms with Gasteiger partial charge >= 0.3 is 0 Å². The molecule has 4 aromatic heterocycles. The first kappa shape index (κ1) is 15.7. The summed E-state index contributed by atoms with van der Waals surface area (Å²) < 4.78 is 3.57. The van der Waals surface area contributed by atoms with Gasteiger partial charge in [0.2, 0.25) is 5.16 Å². The molecular formula is C15H12Cl2N6S. The minimum absolute atomic E-state index is 0.528. The van der Waals surface area contributed by atoms with Crippen LogP contribution in [0.4, 0.5) is 0 Å². The molecule has 0 saturated heterocycles. The van der Waals surface area contributed by atoms with Crippen molar-refractivity contribution in [1.29, 1.82) is 0 Å². The highest BCUT2D eigenvalue weighted by atomic mass is 35.5. The number of hydrogen-bond donors (Lipinski definition) is 0. The van der Waals surface area contributed by atoms with E-state index >= 15 is 0 Å². The first-order chi connectivity index (χ1) is 11.5. The molecule has 122 valence electrons. The Balaban J connectivity index is 1.61. The van der Waals surface area contributed by atoms with E-state index < -0.39 is 0 Å². The van der Waals surface area contributed by atoms with Crippen molar-refractivity contribution in [3.8, 4) is 0 Å². The van der Waals surface area contributed by atoms with Gasteiger partial charge in [-0.1, -0.05) is 35.0 Å². The maximum absolute atomic E-state index is 6.17. The summed E-state index contributed by atoms with van der Waals surface area (Å²) in [5.74, 6) is 1.24. The average molecular weight is 379 g/mol. The summed E-state index contributed by atoms with van der Waals surface area (Å²) in [6.45, 7) is 3.93. The summed E-state index contributed by atoms with van der Waals surface area (Å²) in [6, 6.07) is 3.66. The Hall–Kier alpha value is -1.83. The maximum Gasteiger partial charge on any atom is 0.253 e. The highest BCUT2D eigenvalue weighted by Gasteiger charge is 2.11. The molecule has 0 radical (unpaired) electrons. The van der Waals surface area contributed by atoms with E-state index in [1.54, 1.807) is 16.8 Å². The van der Waals surface area contributed by atoms with Gasteiger partial charge in [0.25, 0.3) is 5.78 Å². The van der Waals surface area contributed by atoms with E-state index in [-0.39, 0.29) is 0 Å². The van der Waals surface area contributed by atoms with E-state index in [4.69, 9.17) is 23.2 Å². The number of thioether (sulfide) groups is 1. The Morgan fingerprint density at radius 3 is 2.75 bits per heavy atom. The fourth-order valence-electron chi connectivity index (χ4n) is 2.49. The van der Waals surface area contributed by atoms with Gasteiger partial charge in [-0.3, -0.25) is 0 Å². The third-order valence-corrected chi connectivity index (χ3v) is 4.83. The molecule has 0 saturated carbocycles. The van der Waals surface area contributed by atoms with Crippen LogP contribution in [0.1, 0.15) is 17.1 Å². The first-order valence-corrected chi connectivity index (χ1v) is 8.90.